The van der Waals surface area contributed by atoms with E-state index in [-0.39, 0.29) is 24.2 Å². The first kappa shape index (κ1) is 19.0. The zero-order valence-corrected chi connectivity index (χ0v) is 14.5. The van der Waals surface area contributed by atoms with E-state index in [9.17, 15) is 40.2 Å². The summed E-state index contributed by atoms with van der Waals surface area (Å²) in [6.45, 7) is 0.339. The highest BCUT2D eigenvalue weighted by Gasteiger charge is 2.31. The van der Waals surface area contributed by atoms with Crippen LogP contribution in [-0.4, -0.2) is 65.6 Å². The molecule has 0 aliphatic carbocycles. The second-order valence-electron chi connectivity index (χ2n) is 6.29. The van der Waals surface area contributed by atoms with Gasteiger partial charge in [-0.2, -0.15) is 0 Å². The lowest BCUT2D eigenvalue weighted by Crippen LogP contribution is -2.53. The first-order valence-electron chi connectivity index (χ1n) is 8.34. The van der Waals surface area contributed by atoms with Gasteiger partial charge in [0.05, 0.1) is 0 Å². The number of amides is 2. The van der Waals surface area contributed by atoms with Gasteiger partial charge in [-0.3, -0.25) is 9.59 Å². The van der Waals surface area contributed by atoms with Crippen LogP contribution in [0.4, 0.5) is 0 Å². The molecule has 148 valence electrons. The average molecular weight is 390 g/mol. The smallest absolute Gasteiger partial charge is 0.272 e. The highest BCUT2D eigenvalue weighted by Crippen LogP contribution is 2.37. The van der Waals surface area contributed by atoms with E-state index >= 15 is 0 Å². The summed E-state index contributed by atoms with van der Waals surface area (Å²) in [6.07, 6.45) is 1.19. The van der Waals surface area contributed by atoms with Crippen molar-refractivity contribution < 1.29 is 40.2 Å². The summed E-state index contributed by atoms with van der Waals surface area (Å²) < 4.78 is 0. The molecule has 1 aliphatic rings. The van der Waals surface area contributed by atoms with Crippen LogP contribution >= 0.6 is 0 Å². The zero-order chi connectivity index (χ0) is 20.6. The molecule has 0 atom stereocenters. The second kappa shape index (κ2) is 7.06. The van der Waals surface area contributed by atoms with E-state index in [0.29, 0.717) is 12.8 Å². The Morgan fingerprint density at radius 2 is 0.893 bits per heavy atom. The van der Waals surface area contributed by atoms with E-state index in [1.54, 1.807) is 0 Å². The number of nitrogens with zero attached hydrogens (tertiary/aromatic N) is 2. The van der Waals surface area contributed by atoms with Gasteiger partial charge in [0.1, 0.15) is 0 Å². The predicted molar refractivity (Wildman–Crippen MR) is 94.2 cm³/mol. The summed E-state index contributed by atoms with van der Waals surface area (Å²) in [6, 6.07) is 3.86. The van der Waals surface area contributed by atoms with Crippen molar-refractivity contribution in [2.75, 3.05) is 13.1 Å². The molecule has 2 aromatic carbocycles. The Morgan fingerprint density at radius 3 is 1.18 bits per heavy atom. The molecule has 0 aromatic heterocycles. The number of phenolic OH excluding ortho intramolecular Hbond substituents is 6. The van der Waals surface area contributed by atoms with Crippen LogP contribution < -0.4 is 0 Å². The summed E-state index contributed by atoms with van der Waals surface area (Å²) in [5.74, 6) is -5.69. The van der Waals surface area contributed by atoms with Crippen molar-refractivity contribution in [1.29, 1.82) is 0 Å². The van der Waals surface area contributed by atoms with Gasteiger partial charge in [-0.1, -0.05) is 0 Å². The Labute approximate surface area is 158 Å². The van der Waals surface area contributed by atoms with Crippen LogP contribution in [0.15, 0.2) is 24.3 Å². The molecule has 0 unspecified atom stereocenters. The van der Waals surface area contributed by atoms with Gasteiger partial charge in [0.2, 0.25) is 0 Å². The fourth-order valence-electron chi connectivity index (χ4n) is 2.94. The van der Waals surface area contributed by atoms with Crippen molar-refractivity contribution in [3.05, 3.63) is 35.4 Å². The monoisotopic (exact) mass is 390 g/mol. The van der Waals surface area contributed by atoms with Gasteiger partial charge >= 0.3 is 0 Å². The SMILES string of the molecule is O=C(c1cc(O)c(O)c(O)c1)N1CCCCN1C(=O)c1cc(O)c(O)c(O)c1. The number of hydrazine groups is 1. The molecule has 6 N–H and O–H groups in total. The summed E-state index contributed by atoms with van der Waals surface area (Å²) in [5, 5.41) is 59.6. The lowest BCUT2D eigenvalue weighted by atomic mass is 10.1. The molecule has 0 radical (unpaired) electrons. The molecule has 1 saturated heterocycles. The number of carbonyl (C=O) groups is 2. The van der Waals surface area contributed by atoms with Crippen LogP contribution in [0, 0.1) is 0 Å². The van der Waals surface area contributed by atoms with E-state index in [0.717, 1.165) is 34.3 Å². The molecule has 2 aromatic rings. The van der Waals surface area contributed by atoms with Crippen molar-refractivity contribution in [2.45, 2.75) is 12.8 Å². The molecule has 0 saturated carbocycles. The number of hydrogen-bond acceptors (Lipinski definition) is 8. The van der Waals surface area contributed by atoms with Gasteiger partial charge in [-0.25, -0.2) is 10.0 Å². The molecule has 0 spiro atoms. The molecule has 28 heavy (non-hydrogen) atoms. The van der Waals surface area contributed by atoms with Crippen LogP contribution in [0.25, 0.3) is 0 Å². The zero-order valence-electron chi connectivity index (χ0n) is 14.5. The number of benzene rings is 2. The maximum absolute atomic E-state index is 12.8. The second-order valence-corrected chi connectivity index (χ2v) is 6.29. The molecule has 0 bridgehead atoms. The van der Waals surface area contributed by atoms with E-state index < -0.39 is 46.3 Å². The van der Waals surface area contributed by atoms with Crippen LogP contribution in [0.1, 0.15) is 33.6 Å². The molecular formula is C18H18N2O8. The Bertz CT molecular complexity index is 835. The lowest BCUT2D eigenvalue weighted by Gasteiger charge is -2.38. The van der Waals surface area contributed by atoms with Crippen LogP contribution in [0.3, 0.4) is 0 Å². The van der Waals surface area contributed by atoms with Crippen LogP contribution in [0.2, 0.25) is 0 Å². The number of aromatic hydroxyl groups is 6. The van der Waals surface area contributed by atoms with Gasteiger partial charge in [-0.05, 0) is 37.1 Å². The Kier molecular flexibility index (Phi) is 4.78. The van der Waals surface area contributed by atoms with Crippen molar-refractivity contribution in [2.24, 2.45) is 0 Å². The van der Waals surface area contributed by atoms with Gasteiger partial charge in [-0.15, -0.1) is 0 Å². The topological polar surface area (TPSA) is 162 Å². The quantitative estimate of drug-likeness (QED) is 0.417. The Morgan fingerprint density at radius 1 is 0.607 bits per heavy atom. The summed E-state index contributed by atoms with van der Waals surface area (Å²) >= 11 is 0. The van der Waals surface area contributed by atoms with Gasteiger partial charge < -0.3 is 30.6 Å². The number of phenols is 6. The molecule has 1 fully saturated rings. The standard InChI is InChI=1S/C18H18N2O8/c21-11-5-9(6-12(22)15(11)25)17(27)19-3-1-2-4-20(19)18(28)10-7-13(23)16(26)14(24)8-10/h5-8,21-26H,1-4H2. The van der Waals surface area contributed by atoms with Crippen LogP contribution in [0.5, 0.6) is 34.5 Å². The van der Waals surface area contributed by atoms with Gasteiger partial charge in [0.25, 0.3) is 11.8 Å². The first-order chi connectivity index (χ1) is 13.2. The molecular weight excluding hydrogens is 372 g/mol. The fourth-order valence-corrected chi connectivity index (χ4v) is 2.94. The molecule has 10 heteroatoms. The Balaban J connectivity index is 1.94. The maximum Gasteiger partial charge on any atom is 0.272 e. The van der Waals surface area contributed by atoms with Crippen molar-refractivity contribution >= 4 is 11.8 Å². The van der Waals surface area contributed by atoms with Crippen molar-refractivity contribution in [3.63, 3.8) is 0 Å². The van der Waals surface area contributed by atoms with E-state index in [4.69, 9.17) is 0 Å². The van der Waals surface area contributed by atoms with Gasteiger partial charge in [0.15, 0.2) is 34.5 Å². The average Bonchev–Trinajstić information content (AvgIpc) is 2.68. The minimum Gasteiger partial charge on any atom is -0.504 e. The normalized spacial score (nSPS) is 14.1. The highest BCUT2D eigenvalue weighted by molar-refractivity contribution is 6.00. The van der Waals surface area contributed by atoms with E-state index in [2.05, 4.69) is 0 Å². The van der Waals surface area contributed by atoms with Crippen molar-refractivity contribution in [3.8, 4) is 34.5 Å². The fraction of sp³-hybridized carbons (Fsp3) is 0.222. The molecule has 1 aliphatic heterocycles. The minimum atomic E-state index is -0.766. The largest absolute Gasteiger partial charge is 0.504 e. The summed E-state index contributed by atoms with van der Waals surface area (Å²) in [7, 11) is 0. The Hall–Kier alpha value is -3.82. The molecule has 3 rings (SSSR count). The third-order valence-electron chi connectivity index (χ3n) is 4.38. The number of rotatable bonds is 2. The van der Waals surface area contributed by atoms with E-state index in [1.807, 2.05) is 0 Å². The van der Waals surface area contributed by atoms with Gasteiger partial charge in [0, 0.05) is 24.2 Å². The third kappa shape index (κ3) is 3.27. The predicted octanol–water partition coefficient (Wildman–Crippen LogP) is 1.21. The third-order valence-corrected chi connectivity index (χ3v) is 4.38. The number of carbonyl (C=O) groups excluding carboxylic acids is 2. The lowest BCUT2D eigenvalue weighted by molar-refractivity contribution is -0.0171. The summed E-state index contributed by atoms with van der Waals surface area (Å²) in [4.78, 5) is 25.7. The molecule has 2 amide bonds. The van der Waals surface area contributed by atoms with Crippen molar-refractivity contribution in [1.82, 2.24) is 10.0 Å². The number of hydrogen-bond donors (Lipinski definition) is 6. The van der Waals surface area contributed by atoms with E-state index in [1.165, 1.54) is 0 Å². The minimum absolute atomic E-state index is 0.149. The molecule has 10 nitrogen and oxygen atoms in total. The first-order valence-corrected chi connectivity index (χ1v) is 8.34. The highest BCUT2D eigenvalue weighted by atomic mass is 16.3. The molecule has 1 heterocycles. The maximum atomic E-state index is 12.8. The summed E-state index contributed by atoms with van der Waals surface area (Å²) in [5.41, 5.74) is -0.298. The van der Waals surface area contributed by atoms with Crippen LogP contribution in [-0.2, 0) is 0 Å².